The molecular weight excluding hydrogens is 294 g/mol. The number of carbonyl (C=O) groups is 1. The minimum absolute atomic E-state index is 0.132. The fraction of sp³-hybridized carbons (Fsp3) is 0.765. The Labute approximate surface area is 137 Å². The molecule has 1 aromatic heterocycles. The molecule has 0 unspecified atom stereocenters. The number of amides is 1. The second kappa shape index (κ2) is 7.45. The molecule has 2 aliphatic heterocycles. The Hall–Kier alpha value is -1.40. The molecule has 1 atom stereocenters. The van der Waals surface area contributed by atoms with Gasteiger partial charge in [0.25, 0.3) is 5.91 Å². The van der Waals surface area contributed by atoms with Crippen molar-refractivity contribution < 1.29 is 13.9 Å². The van der Waals surface area contributed by atoms with Gasteiger partial charge in [0.1, 0.15) is 0 Å². The van der Waals surface area contributed by atoms with Gasteiger partial charge in [-0.05, 0) is 32.6 Å². The lowest BCUT2D eigenvalue weighted by atomic mass is 10.0. The lowest BCUT2D eigenvalue weighted by molar-refractivity contribution is 0.0609. The summed E-state index contributed by atoms with van der Waals surface area (Å²) in [5, 5.41) is 3.10. The number of aromatic nitrogens is 1. The van der Waals surface area contributed by atoms with Gasteiger partial charge in [-0.1, -0.05) is 6.92 Å². The third kappa shape index (κ3) is 4.12. The normalized spacial score (nSPS) is 23.3. The molecule has 0 bridgehead atoms. The van der Waals surface area contributed by atoms with Crippen molar-refractivity contribution in [2.45, 2.75) is 58.1 Å². The highest BCUT2D eigenvalue weighted by Gasteiger charge is 2.26. The third-order valence-corrected chi connectivity index (χ3v) is 4.76. The lowest BCUT2D eigenvalue weighted by Gasteiger charge is -2.33. The lowest BCUT2D eigenvalue weighted by Crippen LogP contribution is -2.46. The highest BCUT2D eigenvalue weighted by Crippen LogP contribution is 2.18. The topological polar surface area (TPSA) is 67.6 Å². The number of carbonyl (C=O) groups excluding carboxylic acids is 1. The zero-order valence-corrected chi connectivity index (χ0v) is 14.1. The molecule has 128 valence electrons. The minimum Gasteiger partial charge on any atom is -0.435 e. The van der Waals surface area contributed by atoms with E-state index in [0.29, 0.717) is 29.9 Å². The summed E-state index contributed by atoms with van der Waals surface area (Å²) in [7, 11) is 0. The molecule has 6 nitrogen and oxygen atoms in total. The molecule has 1 N–H and O–H groups in total. The maximum absolute atomic E-state index is 12.3. The Kier molecular flexibility index (Phi) is 5.33. The maximum Gasteiger partial charge on any atom is 0.289 e. The van der Waals surface area contributed by atoms with Crippen molar-refractivity contribution in [3.05, 3.63) is 17.3 Å². The largest absolute Gasteiger partial charge is 0.435 e. The molecule has 6 heteroatoms. The molecule has 23 heavy (non-hydrogen) atoms. The van der Waals surface area contributed by atoms with Crippen molar-refractivity contribution in [2.75, 3.05) is 26.2 Å². The van der Waals surface area contributed by atoms with Crippen LogP contribution in [0.4, 0.5) is 0 Å². The van der Waals surface area contributed by atoms with Crippen molar-refractivity contribution in [3.8, 4) is 0 Å². The summed E-state index contributed by atoms with van der Waals surface area (Å²) in [5.74, 6) is 0.856. The molecule has 0 aromatic carbocycles. The monoisotopic (exact) mass is 321 g/mol. The van der Waals surface area contributed by atoms with E-state index in [2.05, 4.69) is 15.2 Å². The molecule has 3 rings (SSSR count). The van der Waals surface area contributed by atoms with E-state index in [9.17, 15) is 4.79 Å². The van der Waals surface area contributed by atoms with E-state index >= 15 is 0 Å². The van der Waals surface area contributed by atoms with Gasteiger partial charge < -0.3 is 19.4 Å². The Morgan fingerprint density at radius 3 is 2.74 bits per heavy atom. The average Bonchev–Trinajstić information content (AvgIpc) is 3.18. The first-order valence-electron chi connectivity index (χ1n) is 8.76. The van der Waals surface area contributed by atoms with Crippen LogP contribution in [0.5, 0.6) is 0 Å². The van der Waals surface area contributed by atoms with Crippen molar-refractivity contribution in [1.29, 1.82) is 0 Å². The highest BCUT2D eigenvalue weighted by atomic mass is 16.5. The predicted octanol–water partition coefficient (Wildman–Crippen LogP) is 1.92. The summed E-state index contributed by atoms with van der Waals surface area (Å²) in [6, 6.07) is 0.220. The van der Waals surface area contributed by atoms with Crippen molar-refractivity contribution in [2.24, 2.45) is 0 Å². The first-order chi connectivity index (χ1) is 11.2. The molecule has 2 saturated heterocycles. The summed E-state index contributed by atoms with van der Waals surface area (Å²) >= 11 is 0. The van der Waals surface area contributed by atoms with Crippen LogP contribution >= 0.6 is 0 Å². The number of aryl methyl sites for hydroxylation is 2. The molecule has 3 heterocycles. The molecule has 2 fully saturated rings. The molecule has 0 radical (unpaired) electrons. The van der Waals surface area contributed by atoms with Crippen molar-refractivity contribution >= 4 is 5.91 Å². The van der Waals surface area contributed by atoms with E-state index in [-0.39, 0.29) is 11.9 Å². The number of hydrogen-bond donors (Lipinski definition) is 1. The van der Waals surface area contributed by atoms with Crippen LogP contribution in [0, 0.1) is 6.92 Å². The predicted molar refractivity (Wildman–Crippen MR) is 86.5 cm³/mol. The second-order valence-electron chi connectivity index (χ2n) is 6.56. The van der Waals surface area contributed by atoms with E-state index < -0.39 is 0 Å². The summed E-state index contributed by atoms with van der Waals surface area (Å²) in [4.78, 5) is 19.1. The van der Waals surface area contributed by atoms with E-state index in [0.717, 1.165) is 39.1 Å². The van der Waals surface area contributed by atoms with E-state index in [1.165, 1.54) is 12.8 Å². The zero-order chi connectivity index (χ0) is 16.2. The van der Waals surface area contributed by atoms with Crippen LogP contribution in [0.3, 0.4) is 0 Å². The number of likely N-dealkylation sites (tertiary alicyclic amines) is 1. The minimum atomic E-state index is -0.132. The number of oxazole rings is 1. The number of nitrogens with zero attached hydrogens (tertiary/aromatic N) is 2. The first-order valence-corrected chi connectivity index (χ1v) is 8.76. The quantitative estimate of drug-likeness (QED) is 0.897. The Morgan fingerprint density at radius 1 is 1.35 bits per heavy atom. The van der Waals surface area contributed by atoms with Crippen LogP contribution in [0.15, 0.2) is 4.42 Å². The van der Waals surface area contributed by atoms with Gasteiger partial charge in [-0.25, -0.2) is 4.98 Å². The third-order valence-electron chi connectivity index (χ3n) is 4.76. The van der Waals surface area contributed by atoms with Gasteiger partial charge in [-0.2, -0.15) is 0 Å². The summed E-state index contributed by atoms with van der Waals surface area (Å²) in [6.07, 6.45) is 5.44. The van der Waals surface area contributed by atoms with Crippen LogP contribution < -0.4 is 5.32 Å². The zero-order valence-electron chi connectivity index (χ0n) is 14.1. The van der Waals surface area contributed by atoms with Crippen molar-refractivity contribution in [3.63, 3.8) is 0 Å². The van der Waals surface area contributed by atoms with E-state index in [1.54, 1.807) is 0 Å². The molecule has 0 aliphatic carbocycles. The fourth-order valence-electron chi connectivity index (χ4n) is 3.40. The van der Waals surface area contributed by atoms with Gasteiger partial charge in [0.2, 0.25) is 5.76 Å². The molecule has 1 aromatic rings. The van der Waals surface area contributed by atoms with E-state index in [1.807, 2.05) is 13.8 Å². The summed E-state index contributed by atoms with van der Waals surface area (Å²) < 4.78 is 11.2. The van der Waals surface area contributed by atoms with Crippen LogP contribution in [0.2, 0.25) is 0 Å². The first kappa shape index (κ1) is 16.5. The molecule has 2 aliphatic rings. The van der Waals surface area contributed by atoms with E-state index in [4.69, 9.17) is 9.15 Å². The smallest absolute Gasteiger partial charge is 0.289 e. The standard InChI is InChI=1S/C17H27N3O3/c1-3-15-18-12(2)16(23-15)17(21)19-13-6-8-20(9-7-13)11-14-5-4-10-22-14/h13-14H,3-11H2,1-2H3,(H,19,21)/t14-/m0/s1. The van der Waals surface area contributed by atoms with Crippen LogP contribution in [-0.4, -0.2) is 54.2 Å². The number of ether oxygens (including phenoxy) is 1. The molecule has 0 spiro atoms. The Balaban J connectivity index is 1.46. The van der Waals surface area contributed by atoms with Gasteiger partial charge in [-0.15, -0.1) is 0 Å². The van der Waals surface area contributed by atoms with Crippen LogP contribution in [0.1, 0.15) is 54.7 Å². The number of nitrogens with one attached hydrogen (secondary N) is 1. The van der Waals surface area contributed by atoms with Gasteiger partial charge in [0, 0.05) is 38.7 Å². The molecule has 1 amide bonds. The van der Waals surface area contributed by atoms with Gasteiger partial charge in [-0.3, -0.25) is 4.79 Å². The SMILES string of the molecule is CCc1nc(C)c(C(=O)NC2CCN(C[C@@H]3CCCO3)CC2)o1. The van der Waals surface area contributed by atoms with Crippen molar-refractivity contribution in [1.82, 2.24) is 15.2 Å². The number of piperidine rings is 1. The summed E-state index contributed by atoms with van der Waals surface area (Å²) in [6.45, 7) is 7.76. The number of hydrogen-bond acceptors (Lipinski definition) is 5. The highest BCUT2D eigenvalue weighted by molar-refractivity contribution is 5.92. The summed E-state index contributed by atoms with van der Waals surface area (Å²) in [5.41, 5.74) is 0.676. The molecule has 0 saturated carbocycles. The number of rotatable bonds is 5. The van der Waals surface area contributed by atoms with Gasteiger partial charge in [0.15, 0.2) is 5.89 Å². The Bertz CT molecular complexity index is 529. The van der Waals surface area contributed by atoms with Crippen LogP contribution in [-0.2, 0) is 11.2 Å². The van der Waals surface area contributed by atoms with Gasteiger partial charge in [0.05, 0.1) is 11.8 Å². The molecular formula is C17H27N3O3. The second-order valence-corrected chi connectivity index (χ2v) is 6.56. The van der Waals surface area contributed by atoms with Gasteiger partial charge >= 0.3 is 0 Å². The maximum atomic E-state index is 12.3. The fourth-order valence-corrected chi connectivity index (χ4v) is 3.40. The average molecular weight is 321 g/mol. The Morgan fingerprint density at radius 2 is 2.13 bits per heavy atom. The van der Waals surface area contributed by atoms with Crippen LogP contribution in [0.25, 0.3) is 0 Å².